The zero-order valence-corrected chi connectivity index (χ0v) is 16.1. The molecule has 0 aliphatic carbocycles. The number of nitrogens with one attached hydrogen (secondary N) is 2. The summed E-state index contributed by atoms with van der Waals surface area (Å²) < 4.78 is 11.0. The lowest BCUT2D eigenvalue weighted by Crippen LogP contribution is -2.41. The van der Waals surface area contributed by atoms with Crippen molar-refractivity contribution in [3.63, 3.8) is 0 Å². The summed E-state index contributed by atoms with van der Waals surface area (Å²) in [5, 5.41) is 2.86. The summed E-state index contributed by atoms with van der Waals surface area (Å²) >= 11 is 0. The summed E-state index contributed by atoms with van der Waals surface area (Å²) in [6.45, 7) is 7.02. The van der Waals surface area contributed by atoms with Gasteiger partial charge in [-0.15, -0.1) is 0 Å². The number of ether oxygens (including phenoxy) is 2. The monoisotopic (exact) mass is 387 g/mol. The first-order chi connectivity index (χ1) is 13.5. The van der Waals surface area contributed by atoms with E-state index in [2.05, 4.69) is 26.8 Å². The first-order valence-corrected chi connectivity index (χ1v) is 9.23. The Labute approximate surface area is 163 Å². The van der Waals surface area contributed by atoms with Crippen LogP contribution in [0.4, 0.5) is 0 Å². The number of methoxy groups -OCH3 is 1. The molecular weight excluding hydrogens is 362 g/mol. The molecule has 1 aliphatic heterocycles. The quantitative estimate of drug-likeness (QED) is 0.693. The Bertz CT molecular complexity index is 857. The number of aromatic amines is 1. The van der Waals surface area contributed by atoms with Crippen LogP contribution >= 0.6 is 0 Å². The topological polar surface area (TPSA) is 109 Å². The molecule has 2 aromatic rings. The fraction of sp³-hybridized carbons (Fsp3) is 0.474. The summed E-state index contributed by atoms with van der Waals surface area (Å²) in [6.07, 6.45) is 5.80. The normalized spacial score (nSPS) is 16.0. The number of rotatable bonds is 7. The molecule has 9 heteroatoms. The van der Waals surface area contributed by atoms with E-state index in [-0.39, 0.29) is 24.0 Å². The predicted molar refractivity (Wildman–Crippen MR) is 103 cm³/mol. The van der Waals surface area contributed by atoms with Crippen molar-refractivity contribution in [3.05, 3.63) is 30.6 Å². The first-order valence-electron chi connectivity index (χ1n) is 9.23. The molecule has 28 heavy (non-hydrogen) atoms. The van der Waals surface area contributed by atoms with E-state index in [1.54, 1.807) is 18.2 Å². The number of aromatic nitrogens is 3. The highest BCUT2D eigenvalue weighted by atomic mass is 16.5. The molecule has 0 radical (unpaired) electrons. The maximum absolute atomic E-state index is 12.5. The molecule has 1 saturated heterocycles. The Morgan fingerprint density at radius 2 is 2.21 bits per heavy atom. The van der Waals surface area contributed by atoms with Gasteiger partial charge in [0.05, 0.1) is 18.4 Å². The van der Waals surface area contributed by atoms with Crippen LogP contribution in [0.2, 0.25) is 0 Å². The number of amides is 2. The van der Waals surface area contributed by atoms with Crippen LogP contribution in [-0.4, -0.2) is 70.6 Å². The SMILES string of the molecule is C=CC(=O)N1CCC(Oc2cnc3[nH]cc(C(=O)N[C@H](C)COC)c3n2)CC1. The van der Waals surface area contributed by atoms with Crippen LogP contribution in [0.25, 0.3) is 11.2 Å². The second-order valence-corrected chi connectivity index (χ2v) is 6.78. The van der Waals surface area contributed by atoms with Gasteiger partial charge in [-0.1, -0.05) is 6.58 Å². The summed E-state index contributed by atoms with van der Waals surface area (Å²) in [4.78, 5) is 37.6. The second-order valence-electron chi connectivity index (χ2n) is 6.78. The minimum absolute atomic E-state index is 0.0569. The minimum atomic E-state index is -0.251. The van der Waals surface area contributed by atoms with Crippen LogP contribution in [-0.2, 0) is 9.53 Å². The van der Waals surface area contributed by atoms with Gasteiger partial charge in [-0.3, -0.25) is 9.59 Å². The lowest BCUT2D eigenvalue weighted by molar-refractivity contribution is -0.127. The van der Waals surface area contributed by atoms with Crippen LogP contribution in [0, 0.1) is 0 Å². The van der Waals surface area contributed by atoms with Crippen molar-refractivity contribution in [1.29, 1.82) is 0 Å². The number of H-pyrrole nitrogens is 1. The molecule has 0 spiro atoms. The third-order valence-electron chi connectivity index (χ3n) is 4.61. The van der Waals surface area contributed by atoms with E-state index in [9.17, 15) is 9.59 Å². The molecule has 0 unspecified atom stereocenters. The lowest BCUT2D eigenvalue weighted by atomic mass is 10.1. The molecule has 2 amide bonds. The molecule has 150 valence electrons. The molecule has 1 atom stereocenters. The molecule has 2 aromatic heterocycles. The Morgan fingerprint density at radius 3 is 2.89 bits per heavy atom. The van der Waals surface area contributed by atoms with Crippen LogP contribution < -0.4 is 10.1 Å². The van der Waals surface area contributed by atoms with Crippen molar-refractivity contribution < 1.29 is 19.1 Å². The van der Waals surface area contributed by atoms with Crippen LogP contribution in [0.15, 0.2) is 25.0 Å². The highest BCUT2D eigenvalue weighted by Crippen LogP contribution is 2.21. The zero-order valence-electron chi connectivity index (χ0n) is 16.1. The van der Waals surface area contributed by atoms with Gasteiger partial charge in [0.1, 0.15) is 11.6 Å². The second kappa shape index (κ2) is 8.83. The zero-order chi connectivity index (χ0) is 20.1. The summed E-state index contributed by atoms with van der Waals surface area (Å²) in [7, 11) is 1.58. The Hall–Kier alpha value is -2.94. The van der Waals surface area contributed by atoms with Gasteiger partial charge in [0.15, 0.2) is 5.65 Å². The maximum Gasteiger partial charge on any atom is 0.255 e. The lowest BCUT2D eigenvalue weighted by Gasteiger charge is -2.31. The Morgan fingerprint density at radius 1 is 1.46 bits per heavy atom. The fourth-order valence-corrected chi connectivity index (χ4v) is 3.19. The third kappa shape index (κ3) is 4.48. The standard InChI is InChI=1S/C19H25N5O4/c1-4-16(25)24-7-5-13(6-8-24)28-15-10-21-18-17(23-15)14(9-20-18)19(26)22-12(2)11-27-3/h4,9-10,12-13H,1,5-8,11H2,2-3H3,(H,20,21)(H,22,26)/t12-/m1/s1. The summed E-state index contributed by atoms with van der Waals surface area (Å²) in [5.41, 5.74) is 1.38. The number of hydrogen-bond acceptors (Lipinski definition) is 6. The number of nitrogens with zero attached hydrogens (tertiary/aromatic N) is 3. The predicted octanol–water partition coefficient (Wildman–Crippen LogP) is 1.28. The van der Waals surface area contributed by atoms with E-state index in [0.717, 1.165) is 0 Å². The summed E-state index contributed by atoms with van der Waals surface area (Å²) in [5.74, 6) is 0.0448. The highest BCUT2D eigenvalue weighted by Gasteiger charge is 2.23. The van der Waals surface area contributed by atoms with Crippen LogP contribution in [0.5, 0.6) is 5.88 Å². The van der Waals surface area contributed by atoms with Crippen molar-refractivity contribution in [2.45, 2.75) is 31.9 Å². The Balaban J connectivity index is 1.68. The van der Waals surface area contributed by atoms with Gasteiger partial charge in [-0.2, -0.15) is 0 Å². The van der Waals surface area contributed by atoms with Gasteiger partial charge in [0, 0.05) is 45.3 Å². The number of piperidine rings is 1. The van der Waals surface area contributed by atoms with Gasteiger partial charge >= 0.3 is 0 Å². The van der Waals surface area contributed by atoms with Crippen molar-refractivity contribution >= 4 is 23.0 Å². The van der Waals surface area contributed by atoms with Crippen LogP contribution in [0.3, 0.4) is 0 Å². The largest absolute Gasteiger partial charge is 0.473 e. The first kappa shape index (κ1) is 19.8. The van der Waals surface area contributed by atoms with E-state index in [0.29, 0.717) is 55.1 Å². The minimum Gasteiger partial charge on any atom is -0.473 e. The molecule has 1 fully saturated rings. The van der Waals surface area contributed by atoms with Crippen molar-refractivity contribution in [3.8, 4) is 5.88 Å². The van der Waals surface area contributed by atoms with Crippen molar-refractivity contribution in [2.75, 3.05) is 26.8 Å². The van der Waals surface area contributed by atoms with Gasteiger partial charge < -0.3 is 24.7 Å². The van der Waals surface area contributed by atoms with Gasteiger partial charge in [0.25, 0.3) is 5.91 Å². The molecule has 9 nitrogen and oxygen atoms in total. The van der Waals surface area contributed by atoms with E-state index in [4.69, 9.17) is 9.47 Å². The fourth-order valence-electron chi connectivity index (χ4n) is 3.19. The van der Waals surface area contributed by atoms with E-state index in [1.165, 1.54) is 12.3 Å². The van der Waals surface area contributed by atoms with Gasteiger partial charge in [0.2, 0.25) is 11.8 Å². The number of carbonyl (C=O) groups excluding carboxylic acids is 2. The molecule has 2 N–H and O–H groups in total. The third-order valence-corrected chi connectivity index (χ3v) is 4.61. The molecule has 0 saturated carbocycles. The maximum atomic E-state index is 12.5. The number of fused-ring (bicyclic) bond motifs is 1. The molecule has 0 bridgehead atoms. The Kier molecular flexibility index (Phi) is 6.25. The molecule has 1 aliphatic rings. The van der Waals surface area contributed by atoms with E-state index in [1.807, 2.05) is 6.92 Å². The van der Waals surface area contributed by atoms with Gasteiger partial charge in [-0.25, -0.2) is 9.97 Å². The number of hydrogen-bond donors (Lipinski definition) is 2. The molecule has 3 rings (SSSR count). The van der Waals surface area contributed by atoms with Crippen molar-refractivity contribution in [1.82, 2.24) is 25.2 Å². The smallest absolute Gasteiger partial charge is 0.255 e. The van der Waals surface area contributed by atoms with Crippen LogP contribution in [0.1, 0.15) is 30.1 Å². The van der Waals surface area contributed by atoms with E-state index < -0.39 is 0 Å². The highest BCUT2D eigenvalue weighted by molar-refractivity contribution is 6.04. The van der Waals surface area contributed by atoms with E-state index >= 15 is 0 Å². The molecular formula is C19H25N5O4. The molecule has 3 heterocycles. The average molecular weight is 387 g/mol. The molecule has 0 aromatic carbocycles. The van der Waals surface area contributed by atoms with Gasteiger partial charge in [-0.05, 0) is 13.0 Å². The van der Waals surface area contributed by atoms with Crippen molar-refractivity contribution in [2.24, 2.45) is 0 Å². The number of likely N-dealkylation sites (tertiary alicyclic amines) is 1. The number of carbonyl (C=O) groups is 2. The summed E-state index contributed by atoms with van der Waals surface area (Å²) in [6, 6.07) is -0.127. The average Bonchev–Trinajstić information content (AvgIpc) is 3.11.